The van der Waals surface area contributed by atoms with Crippen LogP contribution in [0.25, 0.3) is 0 Å². The summed E-state index contributed by atoms with van der Waals surface area (Å²) in [7, 11) is 0. The van der Waals surface area contributed by atoms with Crippen LogP contribution in [0.3, 0.4) is 0 Å². The Labute approximate surface area is 123 Å². The Kier molecular flexibility index (Phi) is 4.05. The van der Waals surface area contributed by atoms with Crippen molar-refractivity contribution in [1.82, 2.24) is 9.97 Å². The Hall–Kier alpha value is -1.69. The van der Waals surface area contributed by atoms with Crippen molar-refractivity contribution in [1.29, 1.82) is 0 Å². The summed E-state index contributed by atoms with van der Waals surface area (Å²) in [6.45, 7) is 2.45. The van der Waals surface area contributed by atoms with Gasteiger partial charge in [-0.2, -0.15) is 0 Å². The fraction of sp³-hybridized carbons (Fsp3) is 0.667. The molecule has 1 atom stereocenters. The van der Waals surface area contributed by atoms with Gasteiger partial charge < -0.3 is 15.2 Å². The molecular formula is C15H21N3O3. The van der Waals surface area contributed by atoms with Crippen molar-refractivity contribution in [3.05, 3.63) is 18.0 Å². The van der Waals surface area contributed by atoms with Crippen LogP contribution in [0.4, 0.5) is 5.95 Å². The van der Waals surface area contributed by atoms with E-state index in [1.807, 2.05) is 0 Å². The highest BCUT2D eigenvalue weighted by Crippen LogP contribution is 2.47. The maximum absolute atomic E-state index is 10.9. The summed E-state index contributed by atoms with van der Waals surface area (Å²) in [6, 6.07) is 1.40. The molecule has 0 radical (unpaired) electrons. The maximum Gasteiger partial charge on any atom is 0.354 e. The lowest BCUT2D eigenvalue weighted by Gasteiger charge is -2.41. The van der Waals surface area contributed by atoms with Crippen LogP contribution < -0.4 is 5.32 Å². The molecule has 21 heavy (non-hydrogen) atoms. The van der Waals surface area contributed by atoms with E-state index < -0.39 is 5.97 Å². The van der Waals surface area contributed by atoms with Gasteiger partial charge in [0.25, 0.3) is 0 Å². The smallest absolute Gasteiger partial charge is 0.354 e. The molecule has 1 aromatic heterocycles. The van der Waals surface area contributed by atoms with Crippen LogP contribution in [-0.4, -0.2) is 40.8 Å². The highest BCUT2D eigenvalue weighted by Gasteiger charge is 2.43. The summed E-state index contributed by atoms with van der Waals surface area (Å²) >= 11 is 0. The lowest BCUT2D eigenvalue weighted by molar-refractivity contribution is -0.0440. The molecule has 1 unspecified atom stereocenters. The lowest BCUT2D eigenvalue weighted by Crippen LogP contribution is -2.41. The fourth-order valence-electron chi connectivity index (χ4n) is 3.65. The van der Waals surface area contributed by atoms with E-state index in [0.29, 0.717) is 17.3 Å². The number of nitrogens with one attached hydrogen (secondary N) is 1. The van der Waals surface area contributed by atoms with E-state index in [-0.39, 0.29) is 5.69 Å². The molecule has 1 aliphatic carbocycles. The van der Waals surface area contributed by atoms with Gasteiger partial charge in [-0.25, -0.2) is 14.8 Å². The van der Waals surface area contributed by atoms with Crippen LogP contribution in [-0.2, 0) is 4.74 Å². The highest BCUT2D eigenvalue weighted by molar-refractivity contribution is 5.85. The van der Waals surface area contributed by atoms with Gasteiger partial charge >= 0.3 is 5.97 Å². The molecule has 0 bridgehead atoms. The quantitative estimate of drug-likeness (QED) is 0.884. The number of carboxylic acids is 1. The van der Waals surface area contributed by atoms with Gasteiger partial charge in [-0.1, -0.05) is 12.8 Å². The molecule has 1 spiro atoms. The van der Waals surface area contributed by atoms with Crippen LogP contribution >= 0.6 is 0 Å². The van der Waals surface area contributed by atoms with Gasteiger partial charge in [0.05, 0.1) is 6.61 Å². The summed E-state index contributed by atoms with van der Waals surface area (Å²) in [5.41, 5.74) is 0.324. The lowest BCUT2D eigenvalue weighted by atomic mass is 9.71. The molecule has 1 aromatic rings. The Morgan fingerprint density at radius 2 is 2.29 bits per heavy atom. The zero-order valence-electron chi connectivity index (χ0n) is 12.0. The first-order chi connectivity index (χ1) is 10.2. The average Bonchev–Trinajstić information content (AvgIpc) is 2.96. The SMILES string of the molecule is O=C(O)c1ccnc(NCC2CCOCC23CCCC3)n1. The third-order valence-electron chi connectivity index (χ3n) is 4.85. The van der Waals surface area contributed by atoms with Gasteiger partial charge in [0.15, 0.2) is 5.69 Å². The van der Waals surface area contributed by atoms with Crippen LogP contribution in [0.2, 0.25) is 0 Å². The molecular weight excluding hydrogens is 270 g/mol. The molecule has 1 aliphatic heterocycles. The van der Waals surface area contributed by atoms with Crippen molar-refractivity contribution < 1.29 is 14.6 Å². The molecule has 0 amide bonds. The number of rotatable bonds is 4. The van der Waals surface area contributed by atoms with Crippen molar-refractivity contribution in [3.8, 4) is 0 Å². The number of aromatic nitrogens is 2. The number of carbonyl (C=O) groups is 1. The summed E-state index contributed by atoms with van der Waals surface area (Å²) in [6.07, 6.45) is 7.56. The van der Waals surface area contributed by atoms with E-state index in [1.165, 1.54) is 37.9 Å². The monoisotopic (exact) mass is 291 g/mol. The molecule has 2 fully saturated rings. The summed E-state index contributed by atoms with van der Waals surface area (Å²) in [5.74, 6) is -0.0841. The van der Waals surface area contributed by atoms with Crippen molar-refractivity contribution in [2.45, 2.75) is 32.1 Å². The predicted molar refractivity (Wildman–Crippen MR) is 77.3 cm³/mol. The van der Waals surface area contributed by atoms with E-state index >= 15 is 0 Å². The predicted octanol–water partition coefficient (Wildman–Crippen LogP) is 2.18. The number of carboxylic acid groups (broad SMARTS) is 1. The van der Waals surface area contributed by atoms with Crippen molar-refractivity contribution in [2.75, 3.05) is 25.1 Å². The molecule has 6 heteroatoms. The molecule has 3 rings (SSSR count). The fourth-order valence-corrected chi connectivity index (χ4v) is 3.65. The number of hydrogen-bond acceptors (Lipinski definition) is 5. The normalized spacial score (nSPS) is 24.1. The van der Waals surface area contributed by atoms with Gasteiger partial charge in [-0.3, -0.25) is 0 Å². The number of anilines is 1. The molecule has 1 saturated carbocycles. The van der Waals surface area contributed by atoms with Gasteiger partial charge in [0.1, 0.15) is 0 Å². The topological polar surface area (TPSA) is 84.3 Å². The van der Waals surface area contributed by atoms with E-state index in [2.05, 4.69) is 15.3 Å². The van der Waals surface area contributed by atoms with E-state index in [1.54, 1.807) is 0 Å². The second-order valence-corrected chi connectivity index (χ2v) is 6.06. The van der Waals surface area contributed by atoms with Crippen LogP contribution in [0.5, 0.6) is 0 Å². The third kappa shape index (κ3) is 3.00. The maximum atomic E-state index is 10.9. The first-order valence-electron chi connectivity index (χ1n) is 7.58. The van der Waals surface area contributed by atoms with E-state index in [9.17, 15) is 4.79 Å². The van der Waals surface area contributed by atoms with Crippen LogP contribution in [0.15, 0.2) is 12.3 Å². The summed E-state index contributed by atoms with van der Waals surface area (Å²) in [5, 5.41) is 12.2. The minimum Gasteiger partial charge on any atom is -0.477 e. The zero-order valence-corrected chi connectivity index (χ0v) is 12.0. The van der Waals surface area contributed by atoms with Crippen molar-refractivity contribution in [3.63, 3.8) is 0 Å². The molecule has 6 nitrogen and oxygen atoms in total. The standard InChI is InChI=1S/C15H21N3O3/c19-13(20)12-3-7-16-14(18-12)17-9-11-4-8-21-10-15(11)5-1-2-6-15/h3,7,11H,1-2,4-6,8-10H2,(H,19,20)(H,16,17,18). The first-order valence-corrected chi connectivity index (χ1v) is 7.58. The van der Waals surface area contributed by atoms with Gasteiger partial charge in [-0.05, 0) is 36.7 Å². The van der Waals surface area contributed by atoms with Gasteiger partial charge in [0, 0.05) is 19.3 Å². The Bertz CT molecular complexity index is 515. The largest absolute Gasteiger partial charge is 0.477 e. The van der Waals surface area contributed by atoms with Gasteiger partial charge in [0.2, 0.25) is 5.95 Å². The first kappa shape index (κ1) is 14.3. The average molecular weight is 291 g/mol. The zero-order chi connectivity index (χ0) is 14.7. The van der Waals surface area contributed by atoms with E-state index in [0.717, 1.165) is 26.2 Å². The number of aromatic carboxylic acids is 1. The van der Waals surface area contributed by atoms with Crippen molar-refractivity contribution >= 4 is 11.9 Å². The van der Waals surface area contributed by atoms with Crippen LogP contribution in [0, 0.1) is 11.3 Å². The Balaban J connectivity index is 1.66. The molecule has 1 saturated heterocycles. The second-order valence-electron chi connectivity index (χ2n) is 6.06. The number of ether oxygens (including phenoxy) is 1. The molecule has 2 heterocycles. The Morgan fingerprint density at radius 1 is 1.48 bits per heavy atom. The molecule has 2 aliphatic rings. The number of hydrogen-bond donors (Lipinski definition) is 2. The third-order valence-corrected chi connectivity index (χ3v) is 4.85. The number of nitrogens with zero attached hydrogens (tertiary/aromatic N) is 2. The molecule has 114 valence electrons. The van der Waals surface area contributed by atoms with E-state index in [4.69, 9.17) is 9.84 Å². The van der Waals surface area contributed by atoms with Gasteiger partial charge in [-0.15, -0.1) is 0 Å². The molecule has 0 aromatic carbocycles. The Morgan fingerprint density at radius 3 is 3.05 bits per heavy atom. The second kappa shape index (κ2) is 5.97. The minimum absolute atomic E-state index is 0.0232. The summed E-state index contributed by atoms with van der Waals surface area (Å²) in [4.78, 5) is 19.1. The minimum atomic E-state index is -1.03. The van der Waals surface area contributed by atoms with Crippen molar-refractivity contribution in [2.24, 2.45) is 11.3 Å². The summed E-state index contributed by atoms with van der Waals surface area (Å²) < 4.78 is 5.70. The highest BCUT2D eigenvalue weighted by atomic mass is 16.5. The van der Waals surface area contributed by atoms with Crippen LogP contribution in [0.1, 0.15) is 42.6 Å². The molecule has 2 N–H and O–H groups in total.